The number of hydrogen-bond acceptors (Lipinski definition) is 5. The number of rotatable bonds is 7. The van der Waals surface area contributed by atoms with E-state index < -0.39 is 0 Å². The molecule has 1 N–H and O–H groups in total. The van der Waals surface area contributed by atoms with Crippen molar-refractivity contribution in [2.24, 2.45) is 0 Å². The van der Waals surface area contributed by atoms with Gasteiger partial charge in [-0.2, -0.15) is 5.10 Å². The van der Waals surface area contributed by atoms with Gasteiger partial charge in [0.15, 0.2) is 5.16 Å². The molecule has 0 spiro atoms. The van der Waals surface area contributed by atoms with Crippen LogP contribution in [0.25, 0.3) is 16.9 Å². The van der Waals surface area contributed by atoms with Gasteiger partial charge in [0.25, 0.3) is 0 Å². The fraction of sp³-hybridized carbons (Fsp3) is 0.308. The van der Waals surface area contributed by atoms with E-state index >= 15 is 0 Å². The van der Waals surface area contributed by atoms with Crippen molar-refractivity contribution in [3.63, 3.8) is 0 Å². The maximum atomic E-state index is 13.0. The highest BCUT2D eigenvalue weighted by Gasteiger charge is 2.22. The van der Waals surface area contributed by atoms with Crippen molar-refractivity contribution in [3.8, 4) is 16.9 Å². The molecule has 1 saturated carbocycles. The second-order valence-electron chi connectivity index (χ2n) is 8.56. The lowest BCUT2D eigenvalue weighted by molar-refractivity contribution is -0.113. The van der Waals surface area contributed by atoms with Gasteiger partial charge in [-0.25, -0.2) is 4.68 Å². The number of benzene rings is 2. The zero-order valence-electron chi connectivity index (χ0n) is 19.2. The summed E-state index contributed by atoms with van der Waals surface area (Å²) < 4.78 is 4.00. The van der Waals surface area contributed by atoms with E-state index in [1.807, 2.05) is 73.7 Å². The Kier molecular flexibility index (Phi) is 6.76. The molecule has 5 rings (SSSR count). The van der Waals surface area contributed by atoms with Crippen molar-refractivity contribution < 1.29 is 4.79 Å². The Labute approximate surface area is 203 Å². The van der Waals surface area contributed by atoms with Crippen molar-refractivity contribution in [2.45, 2.75) is 50.2 Å². The molecule has 34 heavy (non-hydrogen) atoms. The summed E-state index contributed by atoms with van der Waals surface area (Å²) >= 11 is 1.44. The molecule has 0 saturated heterocycles. The van der Waals surface area contributed by atoms with Crippen LogP contribution in [0.3, 0.4) is 0 Å². The maximum absolute atomic E-state index is 13.0. The Morgan fingerprint density at radius 1 is 1.00 bits per heavy atom. The Morgan fingerprint density at radius 3 is 2.44 bits per heavy atom. The molecule has 174 valence electrons. The molecule has 1 aliphatic rings. The fourth-order valence-corrected chi connectivity index (χ4v) is 5.35. The summed E-state index contributed by atoms with van der Waals surface area (Å²) in [7, 11) is 0. The lowest BCUT2D eigenvalue weighted by Crippen LogP contribution is -2.18. The van der Waals surface area contributed by atoms with Crippen LogP contribution in [0, 0.1) is 6.92 Å². The molecule has 0 atom stereocenters. The molecule has 0 bridgehead atoms. The Balaban J connectivity index is 1.34. The minimum absolute atomic E-state index is 0.0995. The highest BCUT2D eigenvalue weighted by Crippen LogP contribution is 2.32. The molecular weight excluding hydrogens is 444 g/mol. The first-order valence-electron chi connectivity index (χ1n) is 11.7. The van der Waals surface area contributed by atoms with Crippen LogP contribution < -0.4 is 5.32 Å². The summed E-state index contributed by atoms with van der Waals surface area (Å²) in [5, 5.41) is 17.3. The van der Waals surface area contributed by atoms with Crippen LogP contribution in [0.4, 0.5) is 5.82 Å². The van der Waals surface area contributed by atoms with Crippen LogP contribution in [0.2, 0.25) is 0 Å². The zero-order chi connectivity index (χ0) is 23.3. The monoisotopic (exact) mass is 472 g/mol. The van der Waals surface area contributed by atoms with E-state index in [2.05, 4.69) is 20.1 Å². The second kappa shape index (κ2) is 10.3. The van der Waals surface area contributed by atoms with Gasteiger partial charge in [0, 0.05) is 17.7 Å². The summed E-state index contributed by atoms with van der Waals surface area (Å²) in [6, 6.07) is 22.1. The standard InChI is InChI=1S/C26H28N6OS/c1-19-28-29-26(31(19)21-13-7-3-8-14-21)34-18-25(33)27-24-17-23(20-11-5-2-6-12-20)30-32(24)22-15-9-4-10-16-22/h2,4-6,9-12,15-17,21H,3,7-8,13-14,18H2,1H3,(H,27,33). The molecule has 7 nitrogen and oxygen atoms in total. The molecule has 8 heteroatoms. The number of nitrogens with one attached hydrogen (secondary N) is 1. The number of aromatic nitrogens is 5. The van der Waals surface area contributed by atoms with E-state index in [0.29, 0.717) is 11.9 Å². The number of amides is 1. The third-order valence-corrected chi connectivity index (χ3v) is 7.10. The van der Waals surface area contributed by atoms with Crippen molar-refractivity contribution in [2.75, 3.05) is 11.1 Å². The number of anilines is 1. The highest BCUT2D eigenvalue weighted by atomic mass is 32.2. The van der Waals surface area contributed by atoms with Crippen LogP contribution in [-0.4, -0.2) is 36.2 Å². The van der Waals surface area contributed by atoms with Gasteiger partial charge in [-0.1, -0.05) is 79.6 Å². The normalized spacial score (nSPS) is 14.3. The Morgan fingerprint density at radius 2 is 1.71 bits per heavy atom. The number of aryl methyl sites for hydroxylation is 1. The smallest absolute Gasteiger partial charge is 0.236 e. The number of hydrogen-bond donors (Lipinski definition) is 1. The zero-order valence-corrected chi connectivity index (χ0v) is 20.0. The molecule has 0 aliphatic heterocycles. The minimum Gasteiger partial charge on any atom is -0.310 e. The molecule has 0 radical (unpaired) electrons. The lowest BCUT2D eigenvalue weighted by atomic mass is 9.95. The lowest BCUT2D eigenvalue weighted by Gasteiger charge is -2.24. The number of nitrogens with zero attached hydrogens (tertiary/aromatic N) is 5. The molecule has 1 amide bonds. The van der Waals surface area contributed by atoms with E-state index in [4.69, 9.17) is 5.10 Å². The highest BCUT2D eigenvalue weighted by molar-refractivity contribution is 7.99. The van der Waals surface area contributed by atoms with Crippen LogP contribution in [-0.2, 0) is 4.79 Å². The number of thioether (sulfide) groups is 1. The average Bonchev–Trinajstić information content (AvgIpc) is 3.47. The predicted molar refractivity (Wildman–Crippen MR) is 135 cm³/mol. The molecule has 1 fully saturated rings. The number of carbonyl (C=O) groups excluding carboxylic acids is 1. The fourth-order valence-electron chi connectivity index (χ4n) is 4.50. The van der Waals surface area contributed by atoms with Crippen LogP contribution in [0.15, 0.2) is 71.9 Å². The summed E-state index contributed by atoms with van der Waals surface area (Å²) in [5.41, 5.74) is 2.69. The SMILES string of the molecule is Cc1nnc(SCC(=O)Nc2cc(-c3ccccc3)nn2-c2ccccc2)n1C1CCCCC1. The summed E-state index contributed by atoms with van der Waals surface area (Å²) in [6.45, 7) is 2.00. The third-order valence-electron chi connectivity index (χ3n) is 6.15. The molecule has 1 aliphatic carbocycles. The summed E-state index contributed by atoms with van der Waals surface area (Å²) in [6.07, 6.45) is 6.07. The van der Waals surface area contributed by atoms with Crippen molar-refractivity contribution in [3.05, 3.63) is 72.6 Å². The Hall–Kier alpha value is -3.39. The van der Waals surface area contributed by atoms with Gasteiger partial charge in [0.05, 0.1) is 17.1 Å². The van der Waals surface area contributed by atoms with Gasteiger partial charge in [-0.05, 0) is 31.9 Å². The van der Waals surface area contributed by atoms with E-state index in [0.717, 1.165) is 40.8 Å². The van der Waals surface area contributed by atoms with E-state index in [9.17, 15) is 4.79 Å². The summed E-state index contributed by atoms with van der Waals surface area (Å²) in [5.74, 6) is 1.72. The predicted octanol–water partition coefficient (Wildman–Crippen LogP) is 5.68. The van der Waals surface area contributed by atoms with Crippen LogP contribution in [0.1, 0.15) is 44.0 Å². The largest absolute Gasteiger partial charge is 0.310 e. The average molecular weight is 473 g/mol. The minimum atomic E-state index is -0.0995. The van der Waals surface area contributed by atoms with Gasteiger partial charge >= 0.3 is 0 Å². The van der Waals surface area contributed by atoms with Gasteiger partial charge in [0.2, 0.25) is 5.91 Å². The van der Waals surface area contributed by atoms with Gasteiger partial charge in [-0.3, -0.25) is 4.79 Å². The molecule has 0 unspecified atom stereocenters. The molecular formula is C26H28N6OS. The maximum Gasteiger partial charge on any atom is 0.236 e. The quantitative estimate of drug-likeness (QED) is 0.350. The molecule has 4 aromatic rings. The third kappa shape index (κ3) is 4.92. The van der Waals surface area contributed by atoms with Gasteiger partial charge in [-0.15, -0.1) is 10.2 Å². The molecule has 2 aromatic heterocycles. The van der Waals surface area contributed by atoms with E-state index in [1.165, 1.54) is 31.0 Å². The van der Waals surface area contributed by atoms with E-state index in [-0.39, 0.29) is 11.7 Å². The topological polar surface area (TPSA) is 77.6 Å². The van der Waals surface area contributed by atoms with Gasteiger partial charge in [0.1, 0.15) is 11.6 Å². The second-order valence-corrected chi connectivity index (χ2v) is 9.50. The van der Waals surface area contributed by atoms with Crippen LogP contribution >= 0.6 is 11.8 Å². The Bertz CT molecular complexity index is 1250. The number of para-hydroxylation sites is 1. The first-order chi connectivity index (χ1) is 16.7. The molecule has 2 heterocycles. The van der Waals surface area contributed by atoms with Crippen molar-refractivity contribution >= 4 is 23.5 Å². The van der Waals surface area contributed by atoms with Gasteiger partial charge < -0.3 is 9.88 Å². The van der Waals surface area contributed by atoms with Crippen LogP contribution in [0.5, 0.6) is 0 Å². The molecule has 2 aromatic carbocycles. The first kappa shape index (κ1) is 22.4. The van der Waals surface area contributed by atoms with Crippen molar-refractivity contribution in [1.29, 1.82) is 0 Å². The summed E-state index contributed by atoms with van der Waals surface area (Å²) in [4.78, 5) is 13.0. The first-order valence-corrected chi connectivity index (χ1v) is 12.7. The van der Waals surface area contributed by atoms with Crippen molar-refractivity contribution in [1.82, 2.24) is 24.5 Å². The van der Waals surface area contributed by atoms with E-state index in [1.54, 1.807) is 4.68 Å². The number of carbonyl (C=O) groups is 1.